The number of aromatic hydroxyl groups is 1. The first-order valence-electron chi connectivity index (χ1n) is 19.7. The topological polar surface area (TPSA) is 125 Å². The van der Waals surface area contributed by atoms with E-state index in [-0.39, 0.29) is 24.5 Å². The fourth-order valence-electron chi connectivity index (χ4n) is 9.90. The summed E-state index contributed by atoms with van der Waals surface area (Å²) < 4.78 is 25.5. The first-order chi connectivity index (χ1) is 29.4. The van der Waals surface area contributed by atoms with E-state index < -0.39 is 58.5 Å². The van der Waals surface area contributed by atoms with Gasteiger partial charge < -0.3 is 14.6 Å². The smallest absolute Gasteiger partial charge is 0.260 e. The number of amides is 4. The number of phenolic OH excluding ortho intramolecular Hbond substituents is 1. The molecule has 13 heteroatoms. The lowest BCUT2D eigenvalue weighted by atomic mass is 9.49. The lowest BCUT2D eigenvalue weighted by Crippen LogP contribution is -2.53. The predicted octanol–water partition coefficient (Wildman–Crippen LogP) is 9.32. The molecule has 0 aromatic heterocycles. The molecule has 2 aliphatic carbocycles. The van der Waals surface area contributed by atoms with Crippen molar-refractivity contribution in [2.45, 2.75) is 24.2 Å². The Morgan fingerprint density at radius 2 is 1.57 bits per heavy atom. The number of imide groups is 2. The highest BCUT2D eigenvalue weighted by atomic mass is 79.9. The van der Waals surface area contributed by atoms with E-state index in [4.69, 9.17) is 21.1 Å². The molecule has 10 nitrogen and oxygen atoms in total. The average Bonchev–Trinajstić information content (AvgIpc) is 3.65. The van der Waals surface area contributed by atoms with Gasteiger partial charge in [-0.25, -0.2) is 4.39 Å². The molecule has 0 spiro atoms. The number of fused-ring (bicyclic) bond motifs is 4. The Labute approximate surface area is 364 Å². The Morgan fingerprint density at radius 3 is 2.28 bits per heavy atom. The third-order valence-electron chi connectivity index (χ3n) is 12.6. The fraction of sp³-hybridized carbons (Fsp3) is 0.208. The number of carbonyl (C=O) groups is 4. The van der Waals surface area contributed by atoms with Crippen LogP contribution >= 0.6 is 27.5 Å². The van der Waals surface area contributed by atoms with Gasteiger partial charge in [-0.2, -0.15) is 5.01 Å². The molecule has 1 saturated carbocycles. The monoisotopic (exact) mass is 901 g/mol. The zero-order valence-electron chi connectivity index (χ0n) is 32.9. The Bertz CT molecular complexity index is 2670. The number of nitrogens with zero attached hydrogens (tertiary/aromatic N) is 2. The number of rotatable bonds is 9. The summed E-state index contributed by atoms with van der Waals surface area (Å²) in [6, 6.07) is 29.6. The van der Waals surface area contributed by atoms with E-state index in [9.17, 15) is 23.9 Å². The second kappa shape index (κ2) is 15.7. The number of carbonyl (C=O) groups excluding carboxylic acids is 4. The molecular weight excluding hydrogens is 865 g/mol. The number of nitrogens with one attached hydrogen (secondary N) is 1. The summed E-state index contributed by atoms with van der Waals surface area (Å²) in [6.07, 6.45) is 5.96. The second-order valence-electron chi connectivity index (χ2n) is 15.6. The van der Waals surface area contributed by atoms with Gasteiger partial charge in [0.2, 0.25) is 11.8 Å². The van der Waals surface area contributed by atoms with Crippen LogP contribution in [-0.2, 0) is 24.6 Å². The summed E-state index contributed by atoms with van der Waals surface area (Å²) >= 11 is 9.95. The Hall–Kier alpha value is -6.24. The van der Waals surface area contributed by atoms with E-state index in [0.29, 0.717) is 49.1 Å². The Morgan fingerprint density at radius 1 is 0.836 bits per heavy atom. The van der Waals surface area contributed by atoms with Gasteiger partial charge in [0.15, 0.2) is 0 Å². The first kappa shape index (κ1) is 40.2. The normalized spacial score (nSPS) is 24.4. The maximum atomic E-state index is 15.3. The number of methoxy groups -OCH3 is 2. The number of hydrogen-bond donors (Lipinski definition) is 2. The maximum absolute atomic E-state index is 15.3. The molecule has 308 valence electrons. The molecule has 4 aliphatic rings. The van der Waals surface area contributed by atoms with Crippen molar-refractivity contribution in [3.63, 3.8) is 0 Å². The minimum absolute atomic E-state index is 0.0530. The zero-order valence-corrected chi connectivity index (χ0v) is 35.2. The first-order valence-corrected chi connectivity index (χ1v) is 20.8. The van der Waals surface area contributed by atoms with Crippen LogP contribution in [0.4, 0.5) is 15.8 Å². The fourth-order valence-corrected chi connectivity index (χ4v) is 10.4. The summed E-state index contributed by atoms with van der Waals surface area (Å²) in [5, 5.41) is 13.0. The number of anilines is 2. The van der Waals surface area contributed by atoms with Crippen LogP contribution in [0, 0.1) is 29.5 Å². The van der Waals surface area contributed by atoms with Crippen LogP contribution in [0.25, 0.3) is 12.2 Å². The molecular formula is C48H38BrClFN3O7. The molecule has 9 rings (SSSR count). The third-order valence-corrected chi connectivity index (χ3v) is 13.3. The van der Waals surface area contributed by atoms with Crippen molar-refractivity contribution < 1.29 is 38.1 Å². The predicted molar refractivity (Wildman–Crippen MR) is 232 cm³/mol. The highest BCUT2D eigenvalue weighted by Gasteiger charge is 2.70. The number of ether oxygens (including phenoxy) is 2. The van der Waals surface area contributed by atoms with Crippen LogP contribution in [0.5, 0.6) is 17.2 Å². The molecule has 5 aromatic rings. The molecule has 2 aliphatic heterocycles. The molecule has 6 unspecified atom stereocenters. The molecule has 3 fully saturated rings. The Kier molecular flexibility index (Phi) is 10.3. The second-order valence-corrected chi connectivity index (χ2v) is 17.0. The standard InChI is InChI=1S/C48H38BrClFN3O7/c1-60-34-18-22-41(61-2)27(23-34)6-3-26-4-16-33(17-5-26)53-44(56)36-20-19-35-37(42(36)46(53)58)25-39-45(57)54(52-32-14-12-31(51)13-15-32)47(59)48(39,28-7-10-30(50)11-8-28)43(35)38-24-29(49)9-21-40(38)55/h3-19,21-24,36-37,39,42-43,52,55H,20,25H2,1-2H3. The van der Waals surface area contributed by atoms with Crippen molar-refractivity contribution in [2.75, 3.05) is 24.5 Å². The molecule has 6 atom stereocenters. The molecule has 0 radical (unpaired) electrons. The lowest BCUT2D eigenvalue weighted by Gasteiger charge is -2.50. The van der Waals surface area contributed by atoms with E-state index in [1.165, 1.54) is 35.2 Å². The molecule has 2 saturated heterocycles. The van der Waals surface area contributed by atoms with E-state index in [1.54, 1.807) is 62.8 Å². The largest absolute Gasteiger partial charge is 0.508 e. The Balaban J connectivity index is 1.12. The number of hydrazine groups is 1. The number of allylic oxidation sites excluding steroid dienone is 2. The van der Waals surface area contributed by atoms with Crippen LogP contribution < -0.4 is 19.8 Å². The van der Waals surface area contributed by atoms with Gasteiger partial charge in [0.05, 0.1) is 48.8 Å². The van der Waals surface area contributed by atoms with Crippen LogP contribution in [-0.4, -0.2) is 48.0 Å². The molecule has 5 aromatic carbocycles. The van der Waals surface area contributed by atoms with Crippen molar-refractivity contribution >= 4 is 74.7 Å². The summed E-state index contributed by atoms with van der Waals surface area (Å²) in [7, 11) is 3.18. The van der Waals surface area contributed by atoms with Crippen LogP contribution in [0.3, 0.4) is 0 Å². The van der Waals surface area contributed by atoms with Gasteiger partial charge in [0.1, 0.15) is 23.1 Å². The summed E-state index contributed by atoms with van der Waals surface area (Å²) in [5.41, 5.74) is 5.20. The summed E-state index contributed by atoms with van der Waals surface area (Å²) in [5.74, 6) is -5.40. The molecule has 0 bridgehead atoms. The summed E-state index contributed by atoms with van der Waals surface area (Å²) in [4.78, 5) is 60.7. The number of benzene rings is 5. The van der Waals surface area contributed by atoms with Crippen LogP contribution in [0.1, 0.15) is 41.0 Å². The van der Waals surface area contributed by atoms with E-state index in [0.717, 1.165) is 16.1 Å². The van der Waals surface area contributed by atoms with E-state index in [2.05, 4.69) is 21.4 Å². The zero-order chi connectivity index (χ0) is 42.7. The molecule has 2 heterocycles. The van der Waals surface area contributed by atoms with Gasteiger partial charge in [-0.1, -0.05) is 75.6 Å². The van der Waals surface area contributed by atoms with Crippen LogP contribution in [0.2, 0.25) is 5.02 Å². The van der Waals surface area contributed by atoms with Crippen molar-refractivity contribution in [2.24, 2.45) is 23.7 Å². The third kappa shape index (κ3) is 6.60. The SMILES string of the molecule is COc1ccc(OC)c(C=Cc2ccc(N3C(=O)C4CC=C5C(CC6C(=O)N(Nc7ccc(F)cc7)C(=O)C6(c6ccc(Cl)cc6)C5c5cc(Br)ccc5O)C4C3=O)cc2)c1. The number of phenols is 1. The van der Waals surface area contributed by atoms with Gasteiger partial charge >= 0.3 is 0 Å². The minimum Gasteiger partial charge on any atom is -0.508 e. The highest BCUT2D eigenvalue weighted by molar-refractivity contribution is 9.10. The quantitative estimate of drug-likeness (QED) is 0.0853. The van der Waals surface area contributed by atoms with Crippen molar-refractivity contribution in [3.8, 4) is 17.2 Å². The van der Waals surface area contributed by atoms with Crippen molar-refractivity contribution in [1.82, 2.24) is 5.01 Å². The number of hydrogen-bond acceptors (Lipinski definition) is 8. The number of halogens is 3. The molecule has 2 N–H and O–H groups in total. The lowest BCUT2D eigenvalue weighted by molar-refractivity contribution is -0.138. The van der Waals surface area contributed by atoms with Gasteiger partial charge in [-0.05, 0) is 115 Å². The minimum atomic E-state index is -1.63. The van der Waals surface area contributed by atoms with E-state index in [1.807, 2.05) is 48.6 Å². The highest BCUT2D eigenvalue weighted by Crippen LogP contribution is 2.65. The maximum Gasteiger partial charge on any atom is 0.260 e. The van der Waals surface area contributed by atoms with Crippen LogP contribution in [0.15, 0.2) is 125 Å². The van der Waals surface area contributed by atoms with Crippen molar-refractivity contribution in [1.29, 1.82) is 0 Å². The van der Waals surface area contributed by atoms with Gasteiger partial charge in [-0.3, -0.25) is 29.5 Å². The van der Waals surface area contributed by atoms with Gasteiger partial charge in [-0.15, -0.1) is 0 Å². The average molecular weight is 903 g/mol. The summed E-state index contributed by atoms with van der Waals surface area (Å²) in [6.45, 7) is 0. The molecule has 61 heavy (non-hydrogen) atoms. The van der Waals surface area contributed by atoms with Gasteiger partial charge in [0, 0.05) is 26.5 Å². The molecule has 4 amide bonds. The van der Waals surface area contributed by atoms with Gasteiger partial charge in [0.25, 0.3) is 11.8 Å². The van der Waals surface area contributed by atoms with E-state index >= 15 is 4.79 Å². The van der Waals surface area contributed by atoms with Crippen molar-refractivity contribution in [3.05, 3.63) is 158 Å².